The molecule has 6 aromatic rings. The van der Waals surface area contributed by atoms with Crippen LogP contribution in [0.4, 0.5) is 5.69 Å². The highest BCUT2D eigenvalue weighted by atomic mass is 16.3. The number of rotatable bonds is 4. The number of nitrogens with zero attached hydrogens (tertiary/aromatic N) is 6. The Morgan fingerprint density at radius 1 is 0.686 bits per heavy atom. The topological polar surface area (TPSA) is 96.4 Å². The number of nitrogens with one attached hydrogen (secondary N) is 2. The third-order valence-corrected chi connectivity index (χ3v) is 6.01. The Morgan fingerprint density at radius 2 is 1.34 bits per heavy atom. The molecule has 3 heterocycles. The van der Waals surface area contributed by atoms with Gasteiger partial charge in [0, 0.05) is 21.9 Å². The summed E-state index contributed by atoms with van der Waals surface area (Å²) in [6.07, 6.45) is 0. The van der Waals surface area contributed by atoms with Crippen LogP contribution in [0.5, 0.6) is 0 Å². The Morgan fingerprint density at radius 3 is 2.09 bits per heavy atom. The highest BCUT2D eigenvalue weighted by Gasteiger charge is 2.22. The average Bonchev–Trinajstić information content (AvgIpc) is 3.67. The molecule has 4 aromatic carbocycles. The molecule has 0 aliphatic carbocycles. The first-order valence-electron chi connectivity index (χ1n) is 11.1. The van der Waals surface area contributed by atoms with Crippen LogP contribution in [0, 0.1) is 0 Å². The van der Waals surface area contributed by atoms with Crippen molar-refractivity contribution in [1.82, 2.24) is 31.3 Å². The van der Waals surface area contributed by atoms with Gasteiger partial charge in [0.25, 0.3) is 0 Å². The minimum Gasteiger partial charge on any atom is -0.456 e. The predicted octanol–water partition coefficient (Wildman–Crippen LogP) is 4.42. The van der Waals surface area contributed by atoms with Crippen molar-refractivity contribution in [2.24, 2.45) is 5.10 Å². The van der Waals surface area contributed by atoms with E-state index in [-0.39, 0.29) is 0 Å². The molecule has 2 N–H and O–H groups in total. The molecule has 0 saturated carbocycles. The molecule has 0 atom stereocenters. The number of aromatic nitrogens is 4. The van der Waals surface area contributed by atoms with Crippen LogP contribution in [0.1, 0.15) is 5.56 Å². The highest BCUT2D eigenvalue weighted by Crippen LogP contribution is 2.33. The first kappa shape index (κ1) is 19.4. The molecule has 0 spiro atoms. The van der Waals surface area contributed by atoms with Gasteiger partial charge in [-0.15, -0.1) is 15.7 Å². The van der Waals surface area contributed by atoms with E-state index < -0.39 is 0 Å². The zero-order valence-corrected chi connectivity index (χ0v) is 18.3. The monoisotopic (exact) mass is 458 g/mol. The Bertz CT molecular complexity index is 1710. The van der Waals surface area contributed by atoms with Crippen molar-refractivity contribution in [1.29, 1.82) is 0 Å². The van der Waals surface area contributed by atoms with Crippen LogP contribution < -0.4 is 16.1 Å². The maximum absolute atomic E-state index is 6.13. The largest absolute Gasteiger partial charge is 0.456 e. The van der Waals surface area contributed by atoms with Crippen molar-refractivity contribution in [3.8, 4) is 17.1 Å². The number of tetrazole rings is 1. The molecule has 7 rings (SSSR count). The summed E-state index contributed by atoms with van der Waals surface area (Å²) >= 11 is 0. The first-order valence-corrected chi connectivity index (χ1v) is 11.1. The van der Waals surface area contributed by atoms with E-state index in [1.54, 1.807) is 4.68 Å². The third kappa shape index (κ3) is 3.22. The van der Waals surface area contributed by atoms with E-state index in [1.807, 2.05) is 89.9 Å². The Balaban J connectivity index is 1.34. The summed E-state index contributed by atoms with van der Waals surface area (Å²) in [4.78, 5) is 0. The molecule has 168 valence electrons. The Labute approximate surface area is 199 Å². The van der Waals surface area contributed by atoms with Crippen LogP contribution in [0.2, 0.25) is 0 Å². The van der Waals surface area contributed by atoms with Gasteiger partial charge in [0.1, 0.15) is 11.2 Å². The molecule has 0 unspecified atom stereocenters. The first-order chi connectivity index (χ1) is 17.3. The van der Waals surface area contributed by atoms with Crippen molar-refractivity contribution in [2.75, 3.05) is 5.01 Å². The lowest BCUT2D eigenvalue weighted by Gasteiger charge is -2.18. The second kappa shape index (κ2) is 7.79. The van der Waals surface area contributed by atoms with Gasteiger partial charge in [0.15, 0.2) is 11.7 Å². The number of hydrazone groups is 1. The van der Waals surface area contributed by atoms with Crippen LogP contribution in [0.3, 0.4) is 0 Å². The van der Waals surface area contributed by atoms with Crippen molar-refractivity contribution in [3.63, 3.8) is 0 Å². The van der Waals surface area contributed by atoms with E-state index in [4.69, 9.17) is 4.42 Å². The smallest absolute Gasteiger partial charge is 0.187 e. The van der Waals surface area contributed by atoms with Crippen molar-refractivity contribution in [2.45, 2.75) is 0 Å². The van der Waals surface area contributed by atoms with E-state index in [1.165, 1.54) is 0 Å². The van der Waals surface area contributed by atoms with Gasteiger partial charge in [-0.05, 0) is 71.1 Å². The lowest BCUT2D eigenvalue weighted by molar-refractivity contribution is 0.623. The fraction of sp³-hybridized carbons (Fsp3) is 0. The van der Waals surface area contributed by atoms with Gasteiger partial charge >= 0.3 is 0 Å². The summed E-state index contributed by atoms with van der Waals surface area (Å²) in [7, 11) is 0. The van der Waals surface area contributed by atoms with Gasteiger partial charge in [0.2, 0.25) is 0 Å². The molecule has 9 heteroatoms. The summed E-state index contributed by atoms with van der Waals surface area (Å²) in [6.45, 7) is 0. The molecule has 35 heavy (non-hydrogen) atoms. The van der Waals surface area contributed by atoms with Crippen molar-refractivity contribution in [3.05, 3.63) is 103 Å². The molecule has 1 aliphatic heterocycles. The lowest BCUT2D eigenvalue weighted by atomic mass is 10.1. The number of furan rings is 1. The van der Waals surface area contributed by atoms with Crippen molar-refractivity contribution < 1.29 is 4.42 Å². The van der Waals surface area contributed by atoms with Gasteiger partial charge in [-0.3, -0.25) is 0 Å². The van der Waals surface area contributed by atoms with Crippen LogP contribution in [0.25, 0.3) is 39.0 Å². The van der Waals surface area contributed by atoms with Gasteiger partial charge < -0.3 is 4.42 Å². The standard InChI is InChI=1S/C26H18N8O/c1-3-7-19(8-4-1)33-25(27-29-31-33)17-11-13-23-21(15-17)22-16-18(12-14-24(22)35-23)26-28-30-32-34(26)20-9-5-2-6-10-20/h1-16,29,31H. The van der Waals surface area contributed by atoms with Crippen LogP contribution in [0.15, 0.2) is 107 Å². The Hall–Kier alpha value is -5.02. The predicted molar refractivity (Wildman–Crippen MR) is 134 cm³/mol. The normalized spacial score (nSPS) is 13.4. The molecule has 0 saturated heterocycles. The molecule has 1 aliphatic rings. The van der Waals surface area contributed by atoms with Gasteiger partial charge in [-0.2, -0.15) is 4.68 Å². The number of hydrogen-bond acceptors (Lipinski definition) is 8. The van der Waals surface area contributed by atoms with Crippen LogP contribution in [-0.4, -0.2) is 26.0 Å². The molecule has 0 radical (unpaired) electrons. The number of hydrogen-bond donors (Lipinski definition) is 2. The third-order valence-electron chi connectivity index (χ3n) is 6.01. The second-order valence-corrected chi connectivity index (χ2v) is 8.10. The SMILES string of the molecule is c1ccc(N2NNN=C2c2ccc3oc4ccc(-c5nnnn5-c5ccccc5)cc4c3c2)cc1. The van der Waals surface area contributed by atoms with E-state index in [9.17, 15) is 0 Å². The van der Waals surface area contributed by atoms with E-state index in [0.29, 0.717) is 5.82 Å². The Kier molecular flexibility index (Phi) is 4.33. The summed E-state index contributed by atoms with van der Waals surface area (Å²) in [5, 5.41) is 20.7. The maximum Gasteiger partial charge on any atom is 0.187 e. The zero-order valence-electron chi connectivity index (χ0n) is 18.3. The molecule has 2 aromatic heterocycles. The number of anilines is 1. The molecule has 0 fully saturated rings. The fourth-order valence-corrected chi connectivity index (χ4v) is 4.35. The number of fused-ring (bicyclic) bond motifs is 3. The van der Waals surface area contributed by atoms with E-state index >= 15 is 0 Å². The quantitative estimate of drug-likeness (QED) is 0.404. The highest BCUT2D eigenvalue weighted by molar-refractivity contribution is 6.14. The lowest BCUT2D eigenvalue weighted by Crippen LogP contribution is -2.41. The number of para-hydroxylation sites is 2. The van der Waals surface area contributed by atoms with E-state index in [2.05, 4.69) is 43.8 Å². The van der Waals surface area contributed by atoms with E-state index in [0.717, 1.165) is 50.3 Å². The van der Waals surface area contributed by atoms with Crippen LogP contribution in [-0.2, 0) is 0 Å². The van der Waals surface area contributed by atoms with Crippen molar-refractivity contribution >= 4 is 33.5 Å². The summed E-state index contributed by atoms with van der Waals surface area (Å²) in [5.41, 5.74) is 11.3. The van der Waals surface area contributed by atoms with Crippen LogP contribution >= 0.6 is 0 Å². The molecular weight excluding hydrogens is 440 g/mol. The van der Waals surface area contributed by atoms with Gasteiger partial charge in [-0.25, -0.2) is 10.5 Å². The fourth-order valence-electron chi connectivity index (χ4n) is 4.35. The second-order valence-electron chi connectivity index (χ2n) is 8.10. The number of hydrazine groups is 2. The number of benzene rings is 4. The molecule has 0 amide bonds. The van der Waals surface area contributed by atoms with Gasteiger partial charge in [0.05, 0.1) is 11.4 Å². The molecule has 9 nitrogen and oxygen atoms in total. The molecule has 0 bridgehead atoms. The van der Waals surface area contributed by atoms with Gasteiger partial charge in [-0.1, -0.05) is 36.4 Å². The molecular formula is C26H18N8O. The number of amidine groups is 1. The average molecular weight is 458 g/mol. The minimum atomic E-state index is 0.660. The summed E-state index contributed by atoms with van der Waals surface area (Å²) in [6, 6.07) is 31.9. The maximum atomic E-state index is 6.13. The summed E-state index contributed by atoms with van der Waals surface area (Å²) in [5.74, 6) is 1.42. The summed E-state index contributed by atoms with van der Waals surface area (Å²) < 4.78 is 7.86. The zero-order chi connectivity index (χ0) is 23.2. The minimum absolute atomic E-state index is 0.660.